The molecule has 1 aliphatic heterocycles. The molecule has 0 aliphatic carbocycles. The number of ether oxygens (including phenoxy) is 1. The Morgan fingerprint density at radius 2 is 2.18 bits per heavy atom. The highest BCUT2D eigenvalue weighted by Gasteiger charge is 2.34. The van der Waals surface area contributed by atoms with Crippen molar-refractivity contribution in [2.24, 2.45) is 11.3 Å². The van der Waals surface area contributed by atoms with Crippen LogP contribution in [0.4, 0.5) is 0 Å². The van der Waals surface area contributed by atoms with Gasteiger partial charge in [0.25, 0.3) is 0 Å². The molecule has 0 aromatic heterocycles. The number of carboxylic acids is 1. The van der Waals surface area contributed by atoms with E-state index >= 15 is 0 Å². The molecule has 0 aromatic carbocycles. The number of rotatable bonds is 5. The Balaban J connectivity index is 2.45. The molecule has 2 N–H and O–H groups in total. The van der Waals surface area contributed by atoms with Gasteiger partial charge in [-0.3, -0.25) is 9.59 Å². The van der Waals surface area contributed by atoms with Gasteiger partial charge < -0.3 is 15.2 Å². The van der Waals surface area contributed by atoms with Crippen molar-refractivity contribution in [2.75, 3.05) is 13.2 Å². The molecule has 3 atom stereocenters. The van der Waals surface area contributed by atoms with E-state index in [1.807, 2.05) is 6.92 Å². The van der Waals surface area contributed by atoms with Gasteiger partial charge in [-0.25, -0.2) is 0 Å². The molecule has 0 bridgehead atoms. The van der Waals surface area contributed by atoms with Gasteiger partial charge >= 0.3 is 5.97 Å². The number of carboxylic acid groups (broad SMARTS) is 1. The van der Waals surface area contributed by atoms with Crippen LogP contribution in [0.3, 0.4) is 0 Å². The van der Waals surface area contributed by atoms with Crippen LogP contribution in [0.1, 0.15) is 33.6 Å². The number of carbonyl (C=O) groups is 2. The highest BCUT2D eigenvalue weighted by atomic mass is 16.5. The van der Waals surface area contributed by atoms with Crippen molar-refractivity contribution in [2.45, 2.75) is 39.7 Å². The van der Waals surface area contributed by atoms with Gasteiger partial charge in [-0.1, -0.05) is 6.92 Å². The third-order valence-electron chi connectivity index (χ3n) is 3.52. The molecule has 1 saturated heterocycles. The van der Waals surface area contributed by atoms with E-state index in [-0.39, 0.29) is 24.5 Å². The van der Waals surface area contributed by atoms with Crippen LogP contribution in [-0.2, 0) is 14.3 Å². The van der Waals surface area contributed by atoms with Gasteiger partial charge in [0.05, 0.1) is 24.0 Å². The summed E-state index contributed by atoms with van der Waals surface area (Å²) in [7, 11) is 0. The molecule has 0 radical (unpaired) electrons. The molecular weight excluding hydrogens is 222 g/mol. The zero-order chi connectivity index (χ0) is 13.1. The van der Waals surface area contributed by atoms with Gasteiger partial charge in [0, 0.05) is 6.54 Å². The third-order valence-corrected chi connectivity index (χ3v) is 3.52. The zero-order valence-electron chi connectivity index (χ0n) is 10.7. The standard InChI is InChI=1S/C12H21NO4/c1-4-12(3,11(15)16)7-13-10(14)9-5-8(2)17-6-9/h8-9H,4-7H2,1-3H3,(H,13,14)(H,15,16). The molecular formula is C12H21NO4. The van der Waals surface area contributed by atoms with Crippen molar-refractivity contribution in [3.63, 3.8) is 0 Å². The number of aliphatic carboxylic acids is 1. The first-order valence-corrected chi connectivity index (χ1v) is 6.01. The van der Waals surface area contributed by atoms with Gasteiger partial charge in [0.15, 0.2) is 0 Å². The summed E-state index contributed by atoms with van der Waals surface area (Å²) >= 11 is 0. The Hall–Kier alpha value is -1.10. The van der Waals surface area contributed by atoms with E-state index in [0.717, 1.165) is 0 Å². The minimum absolute atomic E-state index is 0.102. The topological polar surface area (TPSA) is 75.6 Å². The molecule has 1 aliphatic rings. The lowest BCUT2D eigenvalue weighted by molar-refractivity contribution is -0.148. The smallest absolute Gasteiger partial charge is 0.311 e. The fourth-order valence-corrected chi connectivity index (χ4v) is 1.78. The molecule has 0 spiro atoms. The lowest BCUT2D eigenvalue weighted by Crippen LogP contribution is -2.42. The minimum atomic E-state index is -0.888. The van der Waals surface area contributed by atoms with Crippen LogP contribution in [0.25, 0.3) is 0 Å². The summed E-state index contributed by atoms with van der Waals surface area (Å²) in [4.78, 5) is 22.9. The second-order valence-corrected chi connectivity index (χ2v) is 5.01. The maximum Gasteiger partial charge on any atom is 0.311 e. The molecule has 17 heavy (non-hydrogen) atoms. The maximum absolute atomic E-state index is 11.8. The molecule has 1 amide bonds. The lowest BCUT2D eigenvalue weighted by atomic mass is 9.87. The Morgan fingerprint density at radius 1 is 1.53 bits per heavy atom. The van der Waals surface area contributed by atoms with E-state index in [1.54, 1.807) is 13.8 Å². The fourth-order valence-electron chi connectivity index (χ4n) is 1.78. The summed E-state index contributed by atoms with van der Waals surface area (Å²) in [6, 6.07) is 0. The van der Waals surface area contributed by atoms with Gasteiger partial charge in [0.2, 0.25) is 5.91 Å². The summed E-state index contributed by atoms with van der Waals surface area (Å²) in [6.45, 7) is 5.98. The SMILES string of the molecule is CCC(C)(CNC(=O)C1COC(C)C1)C(=O)O. The number of amides is 1. The molecule has 1 heterocycles. The van der Waals surface area contributed by atoms with Crippen molar-refractivity contribution in [1.82, 2.24) is 5.32 Å². The van der Waals surface area contributed by atoms with Crippen molar-refractivity contribution >= 4 is 11.9 Å². The Bertz CT molecular complexity index is 305. The maximum atomic E-state index is 11.8. The number of hydrogen-bond donors (Lipinski definition) is 2. The average Bonchev–Trinajstić information content (AvgIpc) is 2.72. The van der Waals surface area contributed by atoms with Crippen molar-refractivity contribution in [3.8, 4) is 0 Å². The van der Waals surface area contributed by atoms with Crippen molar-refractivity contribution in [1.29, 1.82) is 0 Å². The van der Waals surface area contributed by atoms with Gasteiger partial charge in [-0.15, -0.1) is 0 Å². The normalized spacial score (nSPS) is 27.5. The lowest BCUT2D eigenvalue weighted by Gasteiger charge is -2.24. The van der Waals surface area contributed by atoms with Crippen LogP contribution in [0.15, 0.2) is 0 Å². The monoisotopic (exact) mass is 243 g/mol. The van der Waals surface area contributed by atoms with Crippen molar-refractivity contribution < 1.29 is 19.4 Å². The second kappa shape index (κ2) is 5.49. The molecule has 0 aromatic rings. The predicted molar refractivity (Wildman–Crippen MR) is 62.6 cm³/mol. The molecule has 0 saturated carbocycles. The van der Waals surface area contributed by atoms with Gasteiger partial charge in [-0.05, 0) is 26.7 Å². The summed E-state index contributed by atoms with van der Waals surface area (Å²) in [6.07, 6.45) is 1.31. The van der Waals surface area contributed by atoms with E-state index in [4.69, 9.17) is 9.84 Å². The van der Waals surface area contributed by atoms with Crippen LogP contribution < -0.4 is 5.32 Å². The van der Waals surface area contributed by atoms with Crippen LogP contribution in [0.2, 0.25) is 0 Å². The molecule has 3 unspecified atom stereocenters. The quantitative estimate of drug-likeness (QED) is 0.756. The summed E-state index contributed by atoms with van der Waals surface area (Å²) < 4.78 is 5.32. The van der Waals surface area contributed by atoms with Crippen LogP contribution in [-0.4, -0.2) is 36.2 Å². The summed E-state index contributed by atoms with van der Waals surface area (Å²) in [5, 5.41) is 11.8. The van der Waals surface area contributed by atoms with Gasteiger partial charge in [-0.2, -0.15) is 0 Å². The Morgan fingerprint density at radius 3 is 2.59 bits per heavy atom. The first kappa shape index (κ1) is 14.0. The number of carbonyl (C=O) groups excluding carboxylic acids is 1. The van der Waals surface area contributed by atoms with Crippen LogP contribution in [0, 0.1) is 11.3 Å². The molecule has 98 valence electrons. The van der Waals surface area contributed by atoms with Crippen molar-refractivity contribution in [3.05, 3.63) is 0 Å². The predicted octanol–water partition coefficient (Wildman–Crippen LogP) is 1.03. The number of nitrogens with one attached hydrogen (secondary N) is 1. The van der Waals surface area contributed by atoms with E-state index in [0.29, 0.717) is 19.4 Å². The summed E-state index contributed by atoms with van der Waals surface area (Å²) in [5.41, 5.74) is -0.888. The molecule has 1 fully saturated rings. The van der Waals surface area contributed by atoms with Crippen LogP contribution >= 0.6 is 0 Å². The highest BCUT2D eigenvalue weighted by Crippen LogP contribution is 2.22. The Kier molecular flexibility index (Phi) is 4.51. The third kappa shape index (κ3) is 3.43. The average molecular weight is 243 g/mol. The molecule has 5 nitrogen and oxygen atoms in total. The molecule has 5 heteroatoms. The highest BCUT2D eigenvalue weighted by molar-refractivity contribution is 5.80. The number of hydrogen-bond acceptors (Lipinski definition) is 3. The zero-order valence-corrected chi connectivity index (χ0v) is 10.7. The molecule has 1 rings (SSSR count). The van der Waals surface area contributed by atoms with Gasteiger partial charge in [0.1, 0.15) is 0 Å². The first-order chi connectivity index (χ1) is 7.89. The first-order valence-electron chi connectivity index (χ1n) is 6.01. The van der Waals surface area contributed by atoms with E-state index < -0.39 is 11.4 Å². The second-order valence-electron chi connectivity index (χ2n) is 5.01. The fraction of sp³-hybridized carbons (Fsp3) is 0.833. The minimum Gasteiger partial charge on any atom is -0.481 e. The Labute approximate surface area is 102 Å². The van der Waals surface area contributed by atoms with E-state index in [9.17, 15) is 9.59 Å². The van der Waals surface area contributed by atoms with E-state index in [2.05, 4.69) is 5.32 Å². The largest absolute Gasteiger partial charge is 0.481 e. The van der Waals surface area contributed by atoms with Crippen LogP contribution in [0.5, 0.6) is 0 Å². The summed E-state index contributed by atoms with van der Waals surface area (Å²) in [5.74, 6) is -1.12. The van der Waals surface area contributed by atoms with E-state index in [1.165, 1.54) is 0 Å².